The van der Waals surface area contributed by atoms with Gasteiger partial charge in [-0.05, 0) is 18.6 Å². The molecule has 0 atom stereocenters. The molecule has 0 aliphatic rings. The molecule has 9 heteroatoms. The third kappa shape index (κ3) is 2.10. The van der Waals surface area contributed by atoms with Gasteiger partial charge in [0.25, 0.3) is 5.82 Å². The van der Waals surface area contributed by atoms with Gasteiger partial charge in [-0.25, -0.2) is 0 Å². The fraction of sp³-hybridized carbons (Fsp3) is 0.182. The standard InChI is InChI=1S/C11H6BrF3N4S/c1-5-6(3-2-4-7(5)12)8-18-19-9(11(13,14)15)16-17-10(19)20-8/h2-4H,1H3. The van der Waals surface area contributed by atoms with Gasteiger partial charge in [-0.3, -0.25) is 0 Å². The van der Waals surface area contributed by atoms with E-state index in [1.165, 1.54) is 0 Å². The van der Waals surface area contributed by atoms with Gasteiger partial charge in [0.2, 0.25) is 4.96 Å². The molecule has 0 radical (unpaired) electrons. The van der Waals surface area contributed by atoms with Crippen molar-refractivity contribution in [3.63, 3.8) is 0 Å². The zero-order valence-corrected chi connectivity index (χ0v) is 12.3. The molecule has 1 aromatic carbocycles. The van der Waals surface area contributed by atoms with E-state index < -0.39 is 12.0 Å². The molecule has 20 heavy (non-hydrogen) atoms. The molecule has 0 aliphatic carbocycles. The molecule has 0 aliphatic heterocycles. The van der Waals surface area contributed by atoms with Crippen LogP contribution in [0.15, 0.2) is 22.7 Å². The Morgan fingerprint density at radius 1 is 1.25 bits per heavy atom. The van der Waals surface area contributed by atoms with Crippen molar-refractivity contribution < 1.29 is 13.2 Å². The monoisotopic (exact) mass is 362 g/mol. The average molecular weight is 363 g/mol. The average Bonchev–Trinajstić information content (AvgIpc) is 2.90. The maximum absolute atomic E-state index is 12.7. The number of hydrogen-bond donors (Lipinski definition) is 0. The van der Waals surface area contributed by atoms with Crippen LogP contribution in [0.4, 0.5) is 13.2 Å². The lowest BCUT2D eigenvalue weighted by Crippen LogP contribution is -2.11. The van der Waals surface area contributed by atoms with Crippen LogP contribution in [0.2, 0.25) is 0 Å². The summed E-state index contributed by atoms with van der Waals surface area (Å²) in [4.78, 5) is 0.117. The first-order valence-corrected chi connectivity index (χ1v) is 7.04. The molecule has 0 saturated carbocycles. The van der Waals surface area contributed by atoms with Crippen LogP contribution in [0.1, 0.15) is 11.4 Å². The Morgan fingerprint density at radius 2 is 2.00 bits per heavy atom. The summed E-state index contributed by atoms with van der Waals surface area (Å²) in [6, 6.07) is 5.47. The predicted molar refractivity (Wildman–Crippen MR) is 71.5 cm³/mol. The van der Waals surface area contributed by atoms with Gasteiger partial charge in [-0.2, -0.15) is 22.8 Å². The molecule has 0 N–H and O–H groups in total. The highest BCUT2D eigenvalue weighted by Gasteiger charge is 2.38. The van der Waals surface area contributed by atoms with Gasteiger partial charge in [-0.15, -0.1) is 10.2 Å². The first kappa shape index (κ1) is 13.5. The number of rotatable bonds is 1. The van der Waals surface area contributed by atoms with Crippen molar-refractivity contribution in [1.82, 2.24) is 19.8 Å². The quantitative estimate of drug-likeness (QED) is 0.658. The van der Waals surface area contributed by atoms with Crippen LogP contribution in [0, 0.1) is 6.92 Å². The van der Waals surface area contributed by atoms with E-state index in [2.05, 4.69) is 31.2 Å². The molecule has 0 fully saturated rings. The molecule has 0 unspecified atom stereocenters. The van der Waals surface area contributed by atoms with Crippen molar-refractivity contribution in [2.45, 2.75) is 13.1 Å². The summed E-state index contributed by atoms with van der Waals surface area (Å²) in [5.74, 6) is -1.11. The minimum atomic E-state index is -4.57. The predicted octanol–water partition coefficient (Wildman–Crippen LogP) is 3.94. The van der Waals surface area contributed by atoms with Gasteiger partial charge >= 0.3 is 6.18 Å². The minimum absolute atomic E-state index is 0.117. The molecule has 2 aromatic heterocycles. The van der Waals surface area contributed by atoms with Crippen molar-refractivity contribution in [3.8, 4) is 10.6 Å². The Balaban J connectivity index is 2.19. The van der Waals surface area contributed by atoms with Crippen molar-refractivity contribution in [2.24, 2.45) is 0 Å². The fourth-order valence-electron chi connectivity index (χ4n) is 1.74. The van der Waals surface area contributed by atoms with Gasteiger partial charge in [0.1, 0.15) is 5.01 Å². The number of fused-ring (bicyclic) bond motifs is 1. The summed E-state index contributed by atoms with van der Waals surface area (Å²) in [6.45, 7) is 1.87. The van der Waals surface area contributed by atoms with E-state index in [-0.39, 0.29) is 4.96 Å². The van der Waals surface area contributed by atoms with Crippen molar-refractivity contribution in [3.05, 3.63) is 34.1 Å². The molecule has 0 amide bonds. The minimum Gasteiger partial charge on any atom is -0.178 e. The van der Waals surface area contributed by atoms with E-state index in [4.69, 9.17) is 0 Å². The van der Waals surface area contributed by atoms with Crippen LogP contribution in [0.3, 0.4) is 0 Å². The number of hydrogen-bond acceptors (Lipinski definition) is 4. The molecule has 0 bridgehead atoms. The van der Waals surface area contributed by atoms with Crippen LogP contribution in [0.25, 0.3) is 15.5 Å². The SMILES string of the molecule is Cc1c(Br)cccc1-c1nn2c(C(F)(F)F)nnc2s1. The lowest BCUT2D eigenvalue weighted by atomic mass is 10.1. The Hall–Kier alpha value is -1.48. The first-order valence-electron chi connectivity index (χ1n) is 5.43. The number of benzene rings is 1. The molecular weight excluding hydrogens is 357 g/mol. The van der Waals surface area contributed by atoms with Gasteiger partial charge in [0.15, 0.2) is 0 Å². The molecule has 2 heterocycles. The summed E-state index contributed by atoms with van der Waals surface area (Å²) in [6.07, 6.45) is -4.57. The summed E-state index contributed by atoms with van der Waals surface area (Å²) in [5, 5.41) is 11.1. The van der Waals surface area contributed by atoms with Gasteiger partial charge in [-0.1, -0.05) is 39.4 Å². The Bertz CT molecular complexity index is 793. The Labute approximate surface area is 123 Å². The van der Waals surface area contributed by atoms with Crippen LogP contribution in [-0.2, 0) is 6.18 Å². The van der Waals surface area contributed by atoms with Gasteiger partial charge in [0.05, 0.1) is 0 Å². The molecule has 3 aromatic rings. The summed E-state index contributed by atoms with van der Waals surface area (Å²) < 4.78 is 39.8. The normalized spacial score (nSPS) is 12.2. The second-order valence-electron chi connectivity index (χ2n) is 4.04. The summed E-state index contributed by atoms with van der Waals surface area (Å²) >= 11 is 4.45. The van der Waals surface area contributed by atoms with E-state index in [1.807, 2.05) is 13.0 Å². The second-order valence-corrected chi connectivity index (χ2v) is 5.85. The Kier molecular flexibility index (Phi) is 3.05. The summed E-state index contributed by atoms with van der Waals surface area (Å²) in [5.41, 5.74) is 1.68. The molecule has 4 nitrogen and oxygen atoms in total. The van der Waals surface area contributed by atoms with Gasteiger partial charge < -0.3 is 0 Å². The van der Waals surface area contributed by atoms with Crippen LogP contribution in [-0.4, -0.2) is 19.8 Å². The van der Waals surface area contributed by atoms with Crippen LogP contribution >= 0.6 is 27.3 Å². The number of nitrogens with zero attached hydrogens (tertiary/aromatic N) is 4. The largest absolute Gasteiger partial charge is 0.453 e. The number of halogens is 4. The van der Waals surface area contributed by atoms with Crippen LogP contribution in [0.5, 0.6) is 0 Å². The maximum Gasteiger partial charge on any atom is 0.453 e. The maximum atomic E-state index is 12.7. The third-order valence-electron chi connectivity index (χ3n) is 2.74. The lowest BCUT2D eigenvalue weighted by molar-refractivity contribution is -0.146. The second kappa shape index (κ2) is 4.52. The van der Waals surface area contributed by atoms with E-state index in [1.54, 1.807) is 12.1 Å². The number of aromatic nitrogens is 4. The highest BCUT2D eigenvalue weighted by Crippen LogP contribution is 2.34. The third-order valence-corrected chi connectivity index (χ3v) is 4.53. The fourth-order valence-corrected chi connectivity index (χ4v) is 3.03. The highest BCUT2D eigenvalue weighted by atomic mass is 79.9. The number of alkyl halides is 3. The lowest BCUT2D eigenvalue weighted by Gasteiger charge is -2.03. The van der Waals surface area contributed by atoms with E-state index in [0.29, 0.717) is 5.01 Å². The molecule has 0 saturated heterocycles. The molecular formula is C11H6BrF3N4S. The topological polar surface area (TPSA) is 43.1 Å². The smallest absolute Gasteiger partial charge is 0.178 e. The summed E-state index contributed by atoms with van der Waals surface area (Å²) in [7, 11) is 0. The van der Waals surface area contributed by atoms with Crippen molar-refractivity contribution in [2.75, 3.05) is 0 Å². The zero-order chi connectivity index (χ0) is 14.5. The van der Waals surface area contributed by atoms with E-state index in [9.17, 15) is 13.2 Å². The zero-order valence-electron chi connectivity index (χ0n) is 9.94. The van der Waals surface area contributed by atoms with Gasteiger partial charge in [0, 0.05) is 10.0 Å². The van der Waals surface area contributed by atoms with Crippen LogP contribution < -0.4 is 0 Å². The molecule has 3 rings (SSSR count). The molecule has 0 spiro atoms. The van der Waals surface area contributed by atoms with E-state index >= 15 is 0 Å². The molecule has 104 valence electrons. The van der Waals surface area contributed by atoms with E-state index in [0.717, 1.165) is 31.5 Å². The van der Waals surface area contributed by atoms with Crippen molar-refractivity contribution in [1.29, 1.82) is 0 Å². The highest BCUT2D eigenvalue weighted by molar-refractivity contribution is 9.10. The Morgan fingerprint density at radius 3 is 2.70 bits per heavy atom. The first-order chi connectivity index (χ1) is 9.38. The van der Waals surface area contributed by atoms with Crippen molar-refractivity contribution >= 4 is 32.2 Å².